The molecule has 0 saturated carbocycles. The van der Waals surface area contributed by atoms with E-state index in [4.69, 9.17) is 11.6 Å². The number of aromatic amines is 1. The summed E-state index contributed by atoms with van der Waals surface area (Å²) >= 11 is 5.60. The lowest BCUT2D eigenvalue weighted by Gasteiger charge is -2.18. The predicted octanol–water partition coefficient (Wildman–Crippen LogP) is 0.257. The molecule has 0 radical (unpaired) electrons. The Labute approximate surface area is 111 Å². The van der Waals surface area contributed by atoms with Crippen LogP contribution in [0, 0.1) is 0 Å². The molecular formula is C10H16ClN3O3S. The monoisotopic (exact) mass is 293 g/mol. The van der Waals surface area contributed by atoms with Gasteiger partial charge in [0.05, 0.1) is 4.90 Å². The molecule has 1 heterocycles. The van der Waals surface area contributed by atoms with E-state index in [2.05, 4.69) is 9.71 Å². The zero-order valence-corrected chi connectivity index (χ0v) is 12.0. The summed E-state index contributed by atoms with van der Waals surface area (Å²) in [5.74, 6) is 0. The van der Waals surface area contributed by atoms with Gasteiger partial charge in [-0.05, 0) is 27.1 Å². The first-order valence-corrected chi connectivity index (χ1v) is 7.14. The lowest BCUT2D eigenvalue weighted by atomic mass is 10.3. The second-order valence-corrected chi connectivity index (χ2v) is 6.42. The number of aromatic nitrogens is 1. The van der Waals surface area contributed by atoms with Crippen LogP contribution < -0.4 is 10.3 Å². The zero-order valence-electron chi connectivity index (χ0n) is 10.4. The highest BCUT2D eigenvalue weighted by Crippen LogP contribution is 2.10. The number of likely N-dealkylation sites (N-methyl/N-ethyl adjacent to an activating group) is 1. The fourth-order valence-electron chi connectivity index (χ4n) is 1.51. The van der Waals surface area contributed by atoms with E-state index in [1.807, 2.05) is 19.0 Å². The highest BCUT2D eigenvalue weighted by molar-refractivity contribution is 7.89. The van der Waals surface area contributed by atoms with E-state index >= 15 is 0 Å². The Hall–Kier alpha value is -0.890. The molecule has 0 spiro atoms. The van der Waals surface area contributed by atoms with Gasteiger partial charge >= 0.3 is 0 Å². The average Bonchev–Trinajstić information content (AvgIpc) is 2.19. The molecule has 8 heteroatoms. The number of hydrogen-bond donors (Lipinski definition) is 2. The third-order valence-corrected chi connectivity index (χ3v) is 3.99. The molecule has 1 aromatic rings. The average molecular weight is 294 g/mol. The number of nitrogens with zero attached hydrogens (tertiary/aromatic N) is 1. The maximum atomic E-state index is 12.0. The fourth-order valence-corrected chi connectivity index (χ4v) is 2.97. The van der Waals surface area contributed by atoms with Gasteiger partial charge in [-0.15, -0.1) is 0 Å². The van der Waals surface area contributed by atoms with Gasteiger partial charge in [-0.1, -0.05) is 11.6 Å². The Bertz CT molecular complexity index is 568. The number of pyridine rings is 1. The van der Waals surface area contributed by atoms with E-state index < -0.39 is 15.6 Å². The summed E-state index contributed by atoms with van der Waals surface area (Å²) in [6.07, 6.45) is 1.12. The Morgan fingerprint density at radius 3 is 2.61 bits per heavy atom. The summed E-state index contributed by atoms with van der Waals surface area (Å²) in [6, 6.07) is 0.876. The molecule has 0 aromatic carbocycles. The van der Waals surface area contributed by atoms with E-state index in [0.29, 0.717) is 6.54 Å². The highest BCUT2D eigenvalue weighted by atomic mass is 35.5. The van der Waals surface area contributed by atoms with E-state index in [0.717, 1.165) is 12.3 Å². The highest BCUT2D eigenvalue weighted by Gasteiger charge is 2.18. The van der Waals surface area contributed by atoms with Gasteiger partial charge in [-0.2, -0.15) is 0 Å². The Morgan fingerprint density at radius 1 is 1.50 bits per heavy atom. The van der Waals surface area contributed by atoms with E-state index in [1.54, 1.807) is 6.92 Å². The van der Waals surface area contributed by atoms with Crippen molar-refractivity contribution in [1.82, 2.24) is 14.6 Å². The number of hydrogen-bond acceptors (Lipinski definition) is 4. The van der Waals surface area contributed by atoms with E-state index in [9.17, 15) is 13.2 Å². The zero-order chi connectivity index (χ0) is 13.9. The molecule has 1 unspecified atom stereocenters. The summed E-state index contributed by atoms with van der Waals surface area (Å²) in [4.78, 5) is 15.1. The summed E-state index contributed by atoms with van der Waals surface area (Å²) in [6.45, 7) is 2.32. The smallest absolute Gasteiger partial charge is 0.266 e. The number of halogens is 1. The number of H-pyrrole nitrogens is 1. The molecule has 0 aliphatic heterocycles. The Balaban J connectivity index is 2.93. The molecule has 1 aromatic heterocycles. The second-order valence-electron chi connectivity index (χ2n) is 4.30. The standard InChI is InChI=1S/C10H16ClN3O3S/c1-7(6-14(2)3)13-18(16,17)8-4-9(11)10(15)12-5-8/h4-5,7,13H,6H2,1-3H3,(H,12,15). The molecule has 0 saturated heterocycles. The topological polar surface area (TPSA) is 82.3 Å². The van der Waals surface area contributed by atoms with Crippen LogP contribution in [-0.4, -0.2) is 45.0 Å². The second kappa shape index (κ2) is 5.83. The van der Waals surface area contributed by atoms with Crippen LogP contribution in [0.4, 0.5) is 0 Å². The predicted molar refractivity (Wildman–Crippen MR) is 70.4 cm³/mol. The minimum absolute atomic E-state index is 0.0577. The molecule has 6 nitrogen and oxygen atoms in total. The van der Waals surface area contributed by atoms with Crippen molar-refractivity contribution in [3.63, 3.8) is 0 Å². The SMILES string of the molecule is CC(CN(C)C)NS(=O)(=O)c1c[nH]c(=O)c(Cl)c1. The van der Waals surface area contributed by atoms with Crippen LogP contribution in [0.1, 0.15) is 6.92 Å². The minimum atomic E-state index is -3.68. The van der Waals surface area contributed by atoms with Crippen LogP contribution in [0.3, 0.4) is 0 Å². The Kier molecular flexibility index (Phi) is 4.92. The lowest BCUT2D eigenvalue weighted by molar-refractivity contribution is 0.370. The van der Waals surface area contributed by atoms with E-state index in [1.165, 1.54) is 0 Å². The molecule has 2 N–H and O–H groups in total. The molecular weight excluding hydrogens is 278 g/mol. The molecule has 0 fully saturated rings. The van der Waals surface area contributed by atoms with Gasteiger partial charge in [0.15, 0.2) is 0 Å². The van der Waals surface area contributed by atoms with Crippen molar-refractivity contribution >= 4 is 21.6 Å². The van der Waals surface area contributed by atoms with Crippen molar-refractivity contribution in [1.29, 1.82) is 0 Å². The molecule has 102 valence electrons. The van der Waals surface area contributed by atoms with Crippen molar-refractivity contribution in [2.75, 3.05) is 20.6 Å². The molecule has 0 bridgehead atoms. The summed E-state index contributed by atoms with van der Waals surface area (Å²) < 4.78 is 26.5. The summed E-state index contributed by atoms with van der Waals surface area (Å²) in [7, 11) is 0.0221. The van der Waals surface area contributed by atoms with Crippen molar-refractivity contribution in [3.8, 4) is 0 Å². The van der Waals surface area contributed by atoms with Crippen molar-refractivity contribution in [3.05, 3.63) is 27.6 Å². The van der Waals surface area contributed by atoms with Crippen LogP contribution in [0.2, 0.25) is 5.02 Å². The summed E-state index contributed by atoms with van der Waals surface area (Å²) in [5, 5.41) is -0.155. The normalized spacial score (nSPS) is 13.8. The largest absolute Gasteiger partial charge is 0.326 e. The third kappa shape index (κ3) is 4.09. The van der Waals surface area contributed by atoms with Gasteiger partial charge in [0, 0.05) is 18.8 Å². The first kappa shape index (κ1) is 15.2. The van der Waals surface area contributed by atoms with Gasteiger partial charge in [-0.25, -0.2) is 13.1 Å². The maximum absolute atomic E-state index is 12.0. The van der Waals surface area contributed by atoms with Crippen LogP contribution in [0.15, 0.2) is 22.0 Å². The first-order chi connectivity index (χ1) is 8.22. The van der Waals surface area contributed by atoms with Crippen molar-refractivity contribution in [2.24, 2.45) is 0 Å². The van der Waals surface area contributed by atoms with Crippen molar-refractivity contribution in [2.45, 2.75) is 17.9 Å². The first-order valence-electron chi connectivity index (χ1n) is 5.27. The molecule has 1 rings (SSSR count). The van der Waals surface area contributed by atoms with Gasteiger partial charge in [-0.3, -0.25) is 4.79 Å². The lowest BCUT2D eigenvalue weighted by Crippen LogP contribution is -2.39. The summed E-state index contributed by atoms with van der Waals surface area (Å²) in [5.41, 5.74) is -0.517. The van der Waals surface area contributed by atoms with Gasteiger partial charge < -0.3 is 9.88 Å². The Morgan fingerprint density at radius 2 is 2.11 bits per heavy atom. The van der Waals surface area contributed by atoms with E-state index in [-0.39, 0.29) is 16.0 Å². The van der Waals surface area contributed by atoms with Crippen LogP contribution in [0.25, 0.3) is 0 Å². The molecule has 0 aliphatic rings. The number of sulfonamides is 1. The van der Waals surface area contributed by atoms with Crippen LogP contribution in [-0.2, 0) is 10.0 Å². The fraction of sp³-hybridized carbons (Fsp3) is 0.500. The van der Waals surface area contributed by atoms with Crippen molar-refractivity contribution < 1.29 is 8.42 Å². The van der Waals surface area contributed by atoms with Gasteiger partial charge in [0.25, 0.3) is 5.56 Å². The molecule has 18 heavy (non-hydrogen) atoms. The maximum Gasteiger partial charge on any atom is 0.266 e. The van der Waals surface area contributed by atoms with Crippen LogP contribution in [0.5, 0.6) is 0 Å². The minimum Gasteiger partial charge on any atom is -0.326 e. The van der Waals surface area contributed by atoms with Gasteiger partial charge in [0.1, 0.15) is 5.02 Å². The van der Waals surface area contributed by atoms with Crippen LogP contribution >= 0.6 is 11.6 Å². The third-order valence-electron chi connectivity index (χ3n) is 2.14. The molecule has 0 amide bonds. The number of nitrogens with one attached hydrogen (secondary N) is 2. The quantitative estimate of drug-likeness (QED) is 0.816. The number of rotatable bonds is 5. The molecule has 0 aliphatic carbocycles. The van der Waals surface area contributed by atoms with Gasteiger partial charge in [0.2, 0.25) is 10.0 Å². The molecule has 1 atom stereocenters.